The van der Waals surface area contributed by atoms with Crippen LogP contribution in [0.4, 0.5) is 0 Å². The molecule has 1 aliphatic heterocycles. The molecule has 1 aliphatic rings. The van der Waals surface area contributed by atoms with E-state index >= 15 is 0 Å². The molecule has 2 N–H and O–H groups in total. The minimum Gasteiger partial charge on any atom is -0.358 e. The number of nitrogens with zero attached hydrogens (tertiary/aromatic N) is 2. The van der Waals surface area contributed by atoms with Crippen molar-refractivity contribution in [1.82, 2.24) is 20.1 Å². The van der Waals surface area contributed by atoms with Gasteiger partial charge in [0.15, 0.2) is 0 Å². The molecular weight excluding hydrogens is 336 g/mol. The van der Waals surface area contributed by atoms with E-state index in [0.717, 1.165) is 44.6 Å². The van der Waals surface area contributed by atoms with Gasteiger partial charge in [-0.25, -0.2) is 0 Å². The summed E-state index contributed by atoms with van der Waals surface area (Å²) >= 11 is 0. The van der Waals surface area contributed by atoms with Crippen molar-refractivity contribution in [3.63, 3.8) is 0 Å². The van der Waals surface area contributed by atoms with Gasteiger partial charge in [-0.1, -0.05) is 13.0 Å². The van der Waals surface area contributed by atoms with E-state index in [1.165, 1.54) is 22.2 Å². The van der Waals surface area contributed by atoms with Crippen LogP contribution in [0.1, 0.15) is 43.5 Å². The molecule has 1 fully saturated rings. The lowest BCUT2D eigenvalue weighted by Crippen LogP contribution is -2.48. The first kappa shape index (κ1) is 19.9. The fourth-order valence-electron chi connectivity index (χ4n) is 3.97. The minimum atomic E-state index is 0.149. The number of rotatable bonds is 7. The molecule has 0 saturated carbocycles. The number of piperazine rings is 1. The number of hydrogen-bond donors (Lipinski definition) is 2. The van der Waals surface area contributed by atoms with E-state index < -0.39 is 0 Å². The Balaban J connectivity index is 1.47. The first-order valence-electron chi connectivity index (χ1n) is 10.3. The van der Waals surface area contributed by atoms with E-state index in [1.54, 1.807) is 0 Å². The third kappa shape index (κ3) is 4.90. The smallest absolute Gasteiger partial charge is 0.220 e. The number of aromatic nitrogens is 1. The number of carbonyl (C=O) groups excluding carboxylic acids is 1. The molecule has 0 bridgehead atoms. The van der Waals surface area contributed by atoms with Crippen LogP contribution in [0.15, 0.2) is 18.2 Å². The number of carbonyl (C=O) groups is 1. The lowest BCUT2D eigenvalue weighted by Gasteiger charge is -2.36. The highest BCUT2D eigenvalue weighted by atomic mass is 16.1. The maximum Gasteiger partial charge on any atom is 0.220 e. The molecule has 148 valence electrons. The third-order valence-corrected chi connectivity index (χ3v) is 6.02. The van der Waals surface area contributed by atoms with Crippen LogP contribution in [-0.2, 0) is 17.8 Å². The molecule has 2 heterocycles. The van der Waals surface area contributed by atoms with E-state index in [2.05, 4.69) is 66.1 Å². The van der Waals surface area contributed by atoms with Gasteiger partial charge in [-0.05, 0) is 57.0 Å². The first-order valence-corrected chi connectivity index (χ1v) is 10.3. The van der Waals surface area contributed by atoms with Crippen molar-refractivity contribution in [1.29, 1.82) is 0 Å². The Hall–Kier alpha value is -1.85. The lowest BCUT2D eigenvalue weighted by molar-refractivity contribution is -0.121. The van der Waals surface area contributed by atoms with Gasteiger partial charge in [0.1, 0.15) is 0 Å². The summed E-state index contributed by atoms with van der Waals surface area (Å²) in [6.07, 6.45) is 2.53. The number of likely N-dealkylation sites (N-methyl/N-ethyl adjacent to an activating group) is 1. The van der Waals surface area contributed by atoms with Crippen LogP contribution in [0, 0.1) is 6.92 Å². The molecular formula is C22H34N4O. The monoisotopic (exact) mass is 370 g/mol. The molecule has 1 aromatic heterocycles. The Bertz CT molecular complexity index is 774. The van der Waals surface area contributed by atoms with E-state index in [1.807, 2.05) is 0 Å². The largest absolute Gasteiger partial charge is 0.358 e. The number of nitrogens with one attached hydrogen (secondary N) is 2. The second-order valence-electron chi connectivity index (χ2n) is 7.97. The van der Waals surface area contributed by atoms with Gasteiger partial charge in [-0.15, -0.1) is 0 Å². The van der Waals surface area contributed by atoms with Crippen molar-refractivity contribution in [3.05, 3.63) is 35.0 Å². The zero-order chi connectivity index (χ0) is 19.4. The molecule has 1 amide bonds. The van der Waals surface area contributed by atoms with E-state index in [4.69, 9.17) is 0 Å². The molecule has 0 spiro atoms. The SMILES string of the molecule is CCc1[nH]c2ccc(CNC(=O)CC[C@H](C)N3CCN(C)CC3)cc2c1C. The topological polar surface area (TPSA) is 51.4 Å². The number of H-pyrrole nitrogens is 1. The summed E-state index contributed by atoms with van der Waals surface area (Å²) in [6.45, 7) is 11.6. The summed E-state index contributed by atoms with van der Waals surface area (Å²) in [6, 6.07) is 6.90. The highest BCUT2D eigenvalue weighted by molar-refractivity contribution is 5.85. The molecule has 3 rings (SSSR count). The lowest BCUT2D eigenvalue weighted by atomic mass is 10.1. The van der Waals surface area contributed by atoms with Gasteiger partial charge in [0.05, 0.1) is 0 Å². The average molecular weight is 371 g/mol. The van der Waals surface area contributed by atoms with Gasteiger partial charge in [0.2, 0.25) is 5.91 Å². The molecule has 27 heavy (non-hydrogen) atoms. The summed E-state index contributed by atoms with van der Waals surface area (Å²) in [5.74, 6) is 0.149. The summed E-state index contributed by atoms with van der Waals surface area (Å²) < 4.78 is 0. The number of benzene rings is 1. The predicted molar refractivity (Wildman–Crippen MR) is 112 cm³/mol. The highest BCUT2D eigenvalue weighted by Crippen LogP contribution is 2.23. The zero-order valence-corrected chi connectivity index (χ0v) is 17.3. The van der Waals surface area contributed by atoms with Crippen molar-refractivity contribution >= 4 is 16.8 Å². The van der Waals surface area contributed by atoms with E-state index in [0.29, 0.717) is 19.0 Å². The van der Waals surface area contributed by atoms with Gasteiger partial charge >= 0.3 is 0 Å². The van der Waals surface area contributed by atoms with Crippen molar-refractivity contribution in [2.45, 2.75) is 52.6 Å². The molecule has 5 heteroatoms. The molecule has 5 nitrogen and oxygen atoms in total. The van der Waals surface area contributed by atoms with Gasteiger partial charge in [0, 0.05) is 61.8 Å². The standard InChI is InChI=1S/C22H34N4O/c1-5-20-17(3)19-14-18(7-8-21(19)24-20)15-23-22(27)9-6-16(2)26-12-10-25(4)11-13-26/h7-8,14,16,24H,5-6,9-13,15H2,1-4H3,(H,23,27)/t16-/m0/s1. The molecule has 1 aromatic carbocycles. The van der Waals surface area contributed by atoms with Crippen LogP contribution in [0.2, 0.25) is 0 Å². The van der Waals surface area contributed by atoms with Crippen molar-refractivity contribution in [2.24, 2.45) is 0 Å². The van der Waals surface area contributed by atoms with Crippen molar-refractivity contribution < 1.29 is 4.79 Å². The number of fused-ring (bicyclic) bond motifs is 1. The predicted octanol–water partition coefficient (Wildman–Crippen LogP) is 3.07. The normalized spacial score (nSPS) is 17.3. The van der Waals surface area contributed by atoms with Gasteiger partial charge in [0.25, 0.3) is 0 Å². The zero-order valence-electron chi connectivity index (χ0n) is 17.3. The van der Waals surface area contributed by atoms with Crippen molar-refractivity contribution in [2.75, 3.05) is 33.2 Å². The molecule has 0 radical (unpaired) electrons. The maximum absolute atomic E-state index is 12.3. The molecule has 2 aromatic rings. The summed E-state index contributed by atoms with van der Waals surface area (Å²) in [5, 5.41) is 4.36. The van der Waals surface area contributed by atoms with Crippen LogP contribution in [0.25, 0.3) is 10.9 Å². The maximum atomic E-state index is 12.3. The quantitative estimate of drug-likeness (QED) is 0.788. The highest BCUT2D eigenvalue weighted by Gasteiger charge is 2.19. The Morgan fingerprint density at radius 3 is 2.70 bits per heavy atom. The summed E-state index contributed by atoms with van der Waals surface area (Å²) in [4.78, 5) is 20.6. The molecule has 0 unspecified atom stereocenters. The van der Waals surface area contributed by atoms with E-state index in [-0.39, 0.29) is 5.91 Å². The first-order chi connectivity index (χ1) is 13.0. The number of aromatic amines is 1. The Morgan fingerprint density at radius 1 is 1.26 bits per heavy atom. The fraction of sp³-hybridized carbons (Fsp3) is 0.591. The van der Waals surface area contributed by atoms with Crippen LogP contribution < -0.4 is 5.32 Å². The minimum absolute atomic E-state index is 0.149. The van der Waals surface area contributed by atoms with Gasteiger partial charge in [-0.2, -0.15) is 0 Å². The Kier molecular flexibility index (Phi) is 6.55. The fourth-order valence-corrected chi connectivity index (χ4v) is 3.97. The Labute approximate surface area is 163 Å². The molecule has 0 aliphatic carbocycles. The summed E-state index contributed by atoms with van der Waals surface area (Å²) in [5.41, 5.74) is 4.96. The van der Waals surface area contributed by atoms with Gasteiger partial charge in [-0.3, -0.25) is 9.69 Å². The number of amides is 1. The molecule has 1 atom stereocenters. The Morgan fingerprint density at radius 2 is 2.00 bits per heavy atom. The van der Waals surface area contributed by atoms with E-state index in [9.17, 15) is 4.79 Å². The summed E-state index contributed by atoms with van der Waals surface area (Å²) in [7, 11) is 2.17. The second-order valence-corrected chi connectivity index (χ2v) is 7.97. The molecule has 1 saturated heterocycles. The van der Waals surface area contributed by atoms with Crippen molar-refractivity contribution in [3.8, 4) is 0 Å². The number of aryl methyl sites for hydroxylation is 2. The number of hydrogen-bond acceptors (Lipinski definition) is 3. The average Bonchev–Trinajstić information content (AvgIpc) is 3.00. The second kappa shape index (κ2) is 8.89. The van der Waals surface area contributed by atoms with Crippen LogP contribution in [0.3, 0.4) is 0 Å². The van der Waals surface area contributed by atoms with Crippen LogP contribution in [0.5, 0.6) is 0 Å². The third-order valence-electron chi connectivity index (χ3n) is 6.02. The van der Waals surface area contributed by atoms with Crippen LogP contribution >= 0.6 is 0 Å². The van der Waals surface area contributed by atoms with Gasteiger partial charge < -0.3 is 15.2 Å². The van der Waals surface area contributed by atoms with Crippen LogP contribution in [-0.4, -0.2) is 60.0 Å².